The predicted molar refractivity (Wildman–Crippen MR) is 113 cm³/mol. The fourth-order valence-corrected chi connectivity index (χ4v) is 3.45. The molecule has 2 heterocycles. The highest BCUT2D eigenvalue weighted by atomic mass is 35.5. The van der Waals surface area contributed by atoms with E-state index in [9.17, 15) is 4.79 Å². The molecule has 146 valence electrons. The van der Waals surface area contributed by atoms with Gasteiger partial charge in [-0.1, -0.05) is 6.92 Å². The Morgan fingerprint density at radius 2 is 1.93 bits per heavy atom. The lowest BCUT2D eigenvalue weighted by atomic mass is 10.2. The number of amides is 1. The van der Waals surface area contributed by atoms with Gasteiger partial charge in [0.15, 0.2) is 5.82 Å². The van der Waals surface area contributed by atoms with Gasteiger partial charge in [-0.2, -0.15) is 5.10 Å². The van der Waals surface area contributed by atoms with E-state index in [0.29, 0.717) is 28.8 Å². The van der Waals surface area contributed by atoms with Crippen LogP contribution in [0.2, 0.25) is 0 Å². The van der Waals surface area contributed by atoms with Crippen LogP contribution in [0.3, 0.4) is 0 Å². The molecule has 7 nitrogen and oxygen atoms in total. The number of thiazole rings is 1. The van der Waals surface area contributed by atoms with Gasteiger partial charge in [-0.05, 0) is 44.0 Å². The minimum absolute atomic E-state index is 0. The van der Waals surface area contributed by atoms with E-state index in [1.54, 1.807) is 0 Å². The lowest BCUT2D eigenvalue weighted by Crippen LogP contribution is -2.11. The molecule has 0 aliphatic heterocycles. The van der Waals surface area contributed by atoms with Gasteiger partial charge in [-0.25, -0.2) is 9.97 Å². The van der Waals surface area contributed by atoms with Crippen LogP contribution in [0.5, 0.6) is 0 Å². The molecule has 0 atom stereocenters. The number of carbonyl (C=O) groups excluding carboxylic acids is 1. The summed E-state index contributed by atoms with van der Waals surface area (Å²) < 4.78 is 0. The van der Waals surface area contributed by atoms with E-state index in [-0.39, 0.29) is 30.7 Å². The molecule has 0 saturated carbocycles. The lowest BCUT2D eigenvalue weighted by molar-refractivity contribution is 0.103. The molecule has 2 aromatic heterocycles. The number of benzene rings is 1. The summed E-state index contributed by atoms with van der Waals surface area (Å²) in [7, 11) is 0. The van der Waals surface area contributed by atoms with Crippen molar-refractivity contribution in [1.29, 1.82) is 0 Å². The van der Waals surface area contributed by atoms with Crippen LogP contribution in [0.25, 0.3) is 11.4 Å². The van der Waals surface area contributed by atoms with Crippen molar-refractivity contribution in [2.75, 3.05) is 5.32 Å². The van der Waals surface area contributed by atoms with E-state index in [1.807, 2.05) is 31.2 Å². The Kier molecular flexibility index (Phi) is 8.84. The van der Waals surface area contributed by atoms with Gasteiger partial charge in [0.1, 0.15) is 10.7 Å². The first-order valence-corrected chi connectivity index (χ1v) is 8.91. The van der Waals surface area contributed by atoms with Crippen molar-refractivity contribution < 1.29 is 4.79 Å². The average molecular weight is 429 g/mol. The number of nitrogens with one attached hydrogen (secondary N) is 2. The van der Waals surface area contributed by atoms with Gasteiger partial charge >= 0.3 is 0 Å². The Balaban J connectivity index is 0.00000182. The number of nitrogens with zero attached hydrogens (tertiary/aromatic N) is 3. The van der Waals surface area contributed by atoms with E-state index >= 15 is 0 Å². The van der Waals surface area contributed by atoms with Crippen molar-refractivity contribution in [2.45, 2.75) is 33.2 Å². The fourth-order valence-electron chi connectivity index (χ4n) is 2.39. The standard InChI is InChI=1S/C17H20N6OS.2ClH/c1-3-4-14-19-10(2)15(25-14)17(24)20-12-7-5-11(6-8-12)16-21-13(9-18)22-23-16;;/h5-8H,3-4,9,18H2,1-2H3,(H,20,24)(H,21,22,23);2*1H. The molecule has 3 rings (SSSR count). The molecule has 0 aliphatic rings. The number of H-pyrrole nitrogens is 1. The summed E-state index contributed by atoms with van der Waals surface area (Å²) >= 11 is 1.46. The zero-order valence-electron chi connectivity index (χ0n) is 15.0. The van der Waals surface area contributed by atoms with Crippen LogP contribution in [0.1, 0.15) is 39.5 Å². The third-order valence-electron chi connectivity index (χ3n) is 3.64. The highest BCUT2D eigenvalue weighted by molar-refractivity contribution is 7.13. The molecule has 0 saturated heterocycles. The van der Waals surface area contributed by atoms with Crippen LogP contribution >= 0.6 is 36.2 Å². The summed E-state index contributed by atoms with van der Waals surface area (Å²) in [5, 5.41) is 10.8. The summed E-state index contributed by atoms with van der Waals surface area (Å²) in [6, 6.07) is 7.38. The molecule has 0 spiro atoms. The minimum atomic E-state index is -0.131. The zero-order valence-corrected chi connectivity index (χ0v) is 17.4. The monoisotopic (exact) mass is 428 g/mol. The number of anilines is 1. The smallest absolute Gasteiger partial charge is 0.267 e. The van der Waals surface area contributed by atoms with E-state index in [4.69, 9.17) is 5.73 Å². The second-order valence-corrected chi connectivity index (χ2v) is 6.70. The Bertz CT molecular complexity index is 878. The molecule has 0 radical (unpaired) electrons. The van der Waals surface area contributed by atoms with Gasteiger partial charge < -0.3 is 11.1 Å². The zero-order chi connectivity index (χ0) is 17.8. The van der Waals surface area contributed by atoms with Crippen LogP contribution < -0.4 is 11.1 Å². The number of halogens is 2. The maximum absolute atomic E-state index is 12.5. The normalized spacial score (nSPS) is 10.0. The molecule has 1 aromatic carbocycles. The Morgan fingerprint density at radius 1 is 1.22 bits per heavy atom. The molecule has 1 amide bonds. The van der Waals surface area contributed by atoms with Crippen molar-refractivity contribution >= 4 is 47.7 Å². The molecule has 27 heavy (non-hydrogen) atoms. The summed E-state index contributed by atoms with van der Waals surface area (Å²) in [4.78, 5) is 21.9. The second-order valence-electron chi connectivity index (χ2n) is 5.61. The van der Waals surface area contributed by atoms with Crippen LogP contribution in [-0.4, -0.2) is 26.1 Å². The Labute approximate surface area is 174 Å². The third kappa shape index (κ3) is 5.49. The lowest BCUT2D eigenvalue weighted by Gasteiger charge is -2.04. The maximum atomic E-state index is 12.5. The van der Waals surface area contributed by atoms with Crippen molar-refractivity contribution in [1.82, 2.24) is 20.2 Å². The molecule has 0 aliphatic carbocycles. The summed E-state index contributed by atoms with van der Waals surface area (Å²) in [6.07, 6.45) is 1.91. The van der Waals surface area contributed by atoms with Crippen molar-refractivity contribution in [2.24, 2.45) is 5.73 Å². The van der Waals surface area contributed by atoms with Crippen molar-refractivity contribution in [3.8, 4) is 11.4 Å². The molecule has 0 unspecified atom stereocenters. The van der Waals surface area contributed by atoms with E-state index in [1.165, 1.54) is 11.3 Å². The number of aromatic nitrogens is 4. The molecular formula is C17H22Cl2N6OS. The number of hydrogen-bond donors (Lipinski definition) is 3. The summed E-state index contributed by atoms with van der Waals surface area (Å²) in [5.74, 6) is 1.09. The predicted octanol–water partition coefficient (Wildman–Crippen LogP) is 3.74. The maximum Gasteiger partial charge on any atom is 0.267 e. The first-order chi connectivity index (χ1) is 12.1. The van der Waals surface area contributed by atoms with Gasteiger partial charge in [-0.3, -0.25) is 9.89 Å². The topological polar surface area (TPSA) is 110 Å². The van der Waals surface area contributed by atoms with Gasteiger partial charge in [0.05, 0.1) is 17.2 Å². The number of rotatable bonds is 6. The molecular weight excluding hydrogens is 407 g/mol. The van der Waals surface area contributed by atoms with E-state index in [2.05, 4.69) is 32.4 Å². The average Bonchev–Trinajstić information content (AvgIpc) is 3.22. The summed E-state index contributed by atoms with van der Waals surface area (Å²) in [6.45, 7) is 4.28. The molecule has 4 N–H and O–H groups in total. The fraction of sp³-hybridized carbons (Fsp3) is 0.294. The minimum Gasteiger partial charge on any atom is -0.324 e. The largest absolute Gasteiger partial charge is 0.324 e. The van der Waals surface area contributed by atoms with Crippen LogP contribution in [0.4, 0.5) is 5.69 Å². The molecule has 0 fully saturated rings. The third-order valence-corrected chi connectivity index (χ3v) is 4.85. The number of aromatic amines is 1. The first kappa shape index (κ1) is 23.0. The SMILES string of the molecule is CCCc1nc(C)c(C(=O)Nc2ccc(-c3n[nH]c(CN)n3)cc2)s1.Cl.Cl. The second kappa shape index (κ2) is 10.4. The first-order valence-electron chi connectivity index (χ1n) is 8.10. The van der Waals surface area contributed by atoms with Crippen LogP contribution in [0, 0.1) is 6.92 Å². The van der Waals surface area contributed by atoms with Gasteiger partial charge in [0.2, 0.25) is 0 Å². The van der Waals surface area contributed by atoms with Gasteiger partial charge in [0, 0.05) is 11.3 Å². The highest BCUT2D eigenvalue weighted by Gasteiger charge is 2.15. The van der Waals surface area contributed by atoms with Crippen LogP contribution in [0.15, 0.2) is 24.3 Å². The molecule has 3 aromatic rings. The van der Waals surface area contributed by atoms with Crippen molar-refractivity contribution in [3.05, 3.63) is 45.7 Å². The number of nitrogens with two attached hydrogens (primary N) is 1. The number of aryl methyl sites for hydroxylation is 2. The molecule has 10 heteroatoms. The van der Waals surface area contributed by atoms with Gasteiger partial charge in [-0.15, -0.1) is 36.2 Å². The van der Waals surface area contributed by atoms with E-state index < -0.39 is 0 Å². The summed E-state index contributed by atoms with van der Waals surface area (Å²) in [5.41, 5.74) is 7.87. The van der Waals surface area contributed by atoms with Crippen molar-refractivity contribution in [3.63, 3.8) is 0 Å². The number of hydrogen-bond acceptors (Lipinski definition) is 6. The Morgan fingerprint density at radius 3 is 2.52 bits per heavy atom. The van der Waals surface area contributed by atoms with Crippen LogP contribution in [-0.2, 0) is 13.0 Å². The number of carbonyl (C=O) groups is 1. The quantitative estimate of drug-likeness (QED) is 0.553. The molecule has 0 bridgehead atoms. The van der Waals surface area contributed by atoms with E-state index in [0.717, 1.165) is 29.1 Å². The highest BCUT2D eigenvalue weighted by Crippen LogP contribution is 2.22. The van der Waals surface area contributed by atoms with Gasteiger partial charge in [0.25, 0.3) is 5.91 Å². The Hall–Kier alpha value is -2.00.